The monoisotopic (exact) mass is 212 g/mol. The van der Waals surface area contributed by atoms with Gasteiger partial charge >= 0.3 is 0 Å². The predicted molar refractivity (Wildman–Crippen MR) is 54.6 cm³/mol. The standard InChI is InChI=1S/C9H12N2O2S/c10-11-8-3-4-9-7(6-8)2-1-5-14(9,12)13/h3-4,6,11H,1-2,5,10H2. The molecule has 0 unspecified atom stereocenters. The van der Waals surface area contributed by atoms with E-state index in [1.165, 1.54) is 0 Å². The summed E-state index contributed by atoms with van der Waals surface area (Å²) in [5.41, 5.74) is 4.13. The minimum absolute atomic E-state index is 0.259. The fraction of sp³-hybridized carbons (Fsp3) is 0.333. The third-order valence-electron chi connectivity index (χ3n) is 2.42. The largest absolute Gasteiger partial charge is 0.324 e. The molecule has 5 heteroatoms. The van der Waals surface area contributed by atoms with Crippen LogP contribution in [0.5, 0.6) is 0 Å². The summed E-state index contributed by atoms with van der Waals surface area (Å²) in [6.07, 6.45) is 1.51. The van der Waals surface area contributed by atoms with E-state index in [-0.39, 0.29) is 5.75 Å². The average molecular weight is 212 g/mol. The van der Waals surface area contributed by atoms with Crippen LogP contribution in [0.3, 0.4) is 0 Å². The topological polar surface area (TPSA) is 72.2 Å². The Labute approximate surface area is 83.0 Å². The Balaban J connectivity index is 2.58. The van der Waals surface area contributed by atoms with Crippen molar-refractivity contribution in [2.24, 2.45) is 5.84 Å². The number of rotatable bonds is 1. The Hall–Kier alpha value is -1.07. The number of fused-ring (bicyclic) bond motifs is 1. The number of nitrogen functional groups attached to an aromatic ring is 1. The van der Waals surface area contributed by atoms with Crippen LogP contribution in [0.25, 0.3) is 0 Å². The molecule has 1 aliphatic rings. The maximum absolute atomic E-state index is 11.6. The van der Waals surface area contributed by atoms with Crippen LogP contribution in [0.15, 0.2) is 23.1 Å². The molecule has 0 saturated heterocycles. The highest BCUT2D eigenvalue weighted by Gasteiger charge is 2.23. The van der Waals surface area contributed by atoms with Crippen molar-refractivity contribution in [3.05, 3.63) is 23.8 Å². The molecule has 0 aromatic heterocycles. The van der Waals surface area contributed by atoms with Crippen LogP contribution in [0, 0.1) is 0 Å². The molecule has 1 heterocycles. The lowest BCUT2D eigenvalue weighted by Crippen LogP contribution is -2.17. The lowest BCUT2D eigenvalue weighted by Gasteiger charge is -2.16. The van der Waals surface area contributed by atoms with Gasteiger partial charge in [-0.1, -0.05) is 0 Å². The highest BCUT2D eigenvalue weighted by atomic mass is 32.2. The Morgan fingerprint density at radius 3 is 2.86 bits per heavy atom. The summed E-state index contributed by atoms with van der Waals surface area (Å²) in [5, 5.41) is 0. The molecule has 4 nitrogen and oxygen atoms in total. The highest BCUT2D eigenvalue weighted by molar-refractivity contribution is 7.91. The SMILES string of the molecule is NNc1ccc2c(c1)CCCS2(=O)=O. The number of nitrogens with one attached hydrogen (secondary N) is 1. The molecule has 3 N–H and O–H groups in total. The van der Waals surface area contributed by atoms with Gasteiger partial charge in [-0.05, 0) is 36.6 Å². The van der Waals surface area contributed by atoms with Crippen molar-refractivity contribution in [2.75, 3.05) is 11.2 Å². The highest BCUT2D eigenvalue weighted by Crippen LogP contribution is 2.26. The molecule has 0 bridgehead atoms. The molecule has 1 aliphatic heterocycles. The van der Waals surface area contributed by atoms with E-state index in [9.17, 15) is 8.42 Å². The lowest BCUT2D eigenvalue weighted by molar-refractivity contribution is 0.586. The molecule has 2 rings (SSSR count). The summed E-state index contributed by atoms with van der Waals surface area (Å²) in [7, 11) is -3.04. The van der Waals surface area contributed by atoms with E-state index < -0.39 is 9.84 Å². The number of sulfone groups is 1. The Bertz CT molecular complexity index is 454. The molecule has 1 aromatic carbocycles. The van der Waals surface area contributed by atoms with Gasteiger partial charge in [0.25, 0.3) is 0 Å². The average Bonchev–Trinajstić information content (AvgIpc) is 2.16. The van der Waals surface area contributed by atoms with Gasteiger partial charge < -0.3 is 5.43 Å². The van der Waals surface area contributed by atoms with E-state index in [0.29, 0.717) is 11.3 Å². The minimum atomic E-state index is -3.04. The molecule has 0 amide bonds. The van der Waals surface area contributed by atoms with Crippen LogP contribution in [-0.2, 0) is 16.3 Å². The van der Waals surface area contributed by atoms with Gasteiger partial charge in [-0.3, -0.25) is 5.84 Å². The smallest absolute Gasteiger partial charge is 0.178 e. The quantitative estimate of drug-likeness (QED) is 0.530. The number of anilines is 1. The van der Waals surface area contributed by atoms with Crippen LogP contribution in [-0.4, -0.2) is 14.2 Å². The van der Waals surface area contributed by atoms with Crippen molar-refractivity contribution in [2.45, 2.75) is 17.7 Å². The number of hydrazine groups is 1. The molecular weight excluding hydrogens is 200 g/mol. The van der Waals surface area contributed by atoms with Crippen molar-refractivity contribution < 1.29 is 8.42 Å². The first-order valence-electron chi connectivity index (χ1n) is 4.46. The van der Waals surface area contributed by atoms with Crippen molar-refractivity contribution >= 4 is 15.5 Å². The summed E-state index contributed by atoms with van der Waals surface area (Å²) in [4.78, 5) is 0.461. The van der Waals surface area contributed by atoms with Gasteiger partial charge in [0.2, 0.25) is 0 Å². The number of nitrogens with two attached hydrogens (primary N) is 1. The van der Waals surface area contributed by atoms with Crippen molar-refractivity contribution in [1.82, 2.24) is 0 Å². The van der Waals surface area contributed by atoms with Gasteiger partial charge in [0, 0.05) is 5.69 Å². The summed E-state index contributed by atoms with van der Waals surface area (Å²) in [6.45, 7) is 0. The molecule has 0 fully saturated rings. The van der Waals surface area contributed by atoms with Crippen LogP contribution in [0.4, 0.5) is 5.69 Å². The number of aryl methyl sites for hydroxylation is 1. The Morgan fingerprint density at radius 1 is 1.36 bits per heavy atom. The molecule has 0 aliphatic carbocycles. The second-order valence-corrected chi connectivity index (χ2v) is 5.47. The maximum Gasteiger partial charge on any atom is 0.178 e. The number of benzene rings is 1. The summed E-state index contributed by atoms with van der Waals surface area (Å²) in [6, 6.07) is 5.10. The third kappa shape index (κ3) is 1.49. The molecule has 0 radical (unpaired) electrons. The zero-order valence-electron chi connectivity index (χ0n) is 7.66. The first-order chi connectivity index (χ1) is 6.63. The zero-order valence-corrected chi connectivity index (χ0v) is 8.47. The molecule has 14 heavy (non-hydrogen) atoms. The molecule has 0 saturated carbocycles. The van der Waals surface area contributed by atoms with Crippen LogP contribution >= 0.6 is 0 Å². The van der Waals surface area contributed by atoms with Crippen molar-refractivity contribution in [3.63, 3.8) is 0 Å². The molecule has 0 spiro atoms. The van der Waals surface area contributed by atoms with Gasteiger partial charge in [0.05, 0.1) is 10.6 Å². The second kappa shape index (κ2) is 3.25. The Morgan fingerprint density at radius 2 is 2.14 bits per heavy atom. The summed E-state index contributed by atoms with van der Waals surface area (Å²) < 4.78 is 23.2. The summed E-state index contributed by atoms with van der Waals surface area (Å²) in [5.74, 6) is 5.51. The first kappa shape index (κ1) is 9.48. The van der Waals surface area contributed by atoms with E-state index in [2.05, 4.69) is 5.43 Å². The van der Waals surface area contributed by atoms with Gasteiger partial charge in [0.1, 0.15) is 0 Å². The molecule has 1 aromatic rings. The number of hydrogen-bond acceptors (Lipinski definition) is 4. The van der Waals surface area contributed by atoms with Crippen LogP contribution in [0.2, 0.25) is 0 Å². The second-order valence-electron chi connectivity index (χ2n) is 3.39. The van der Waals surface area contributed by atoms with E-state index in [0.717, 1.165) is 17.7 Å². The third-order valence-corrected chi connectivity index (χ3v) is 4.32. The van der Waals surface area contributed by atoms with Gasteiger partial charge in [-0.2, -0.15) is 0 Å². The molecule has 0 atom stereocenters. The van der Waals surface area contributed by atoms with Crippen LogP contribution < -0.4 is 11.3 Å². The Kier molecular flexibility index (Phi) is 2.20. The van der Waals surface area contributed by atoms with E-state index in [1.807, 2.05) is 0 Å². The lowest BCUT2D eigenvalue weighted by atomic mass is 10.1. The van der Waals surface area contributed by atoms with E-state index in [1.54, 1.807) is 18.2 Å². The summed E-state index contributed by atoms with van der Waals surface area (Å²) >= 11 is 0. The normalized spacial score (nSPS) is 18.6. The molecular formula is C9H12N2O2S. The fourth-order valence-electron chi connectivity index (χ4n) is 1.73. The minimum Gasteiger partial charge on any atom is -0.324 e. The predicted octanol–water partition coefficient (Wildman–Crippen LogP) is 0.692. The van der Waals surface area contributed by atoms with Crippen LogP contribution in [0.1, 0.15) is 12.0 Å². The first-order valence-corrected chi connectivity index (χ1v) is 6.11. The van der Waals surface area contributed by atoms with Gasteiger partial charge in [-0.15, -0.1) is 0 Å². The molecule has 76 valence electrons. The van der Waals surface area contributed by atoms with Crippen molar-refractivity contribution in [1.29, 1.82) is 0 Å². The van der Waals surface area contributed by atoms with Gasteiger partial charge in [-0.25, -0.2) is 8.42 Å². The van der Waals surface area contributed by atoms with E-state index in [4.69, 9.17) is 5.84 Å². The van der Waals surface area contributed by atoms with E-state index >= 15 is 0 Å². The van der Waals surface area contributed by atoms with Crippen molar-refractivity contribution in [3.8, 4) is 0 Å². The number of hydrogen-bond donors (Lipinski definition) is 2. The van der Waals surface area contributed by atoms with Gasteiger partial charge in [0.15, 0.2) is 9.84 Å². The maximum atomic E-state index is 11.6. The fourth-order valence-corrected chi connectivity index (χ4v) is 3.31. The zero-order chi connectivity index (χ0) is 10.2.